The number of nitrogens with two attached hydrogens (primary N) is 1. The van der Waals surface area contributed by atoms with Crippen molar-refractivity contribution in [3.63, 3.8) is 0 Å². The van der Waals surface area contributed by atoms with Gasteiger partial charge in [-0.05, 0) is 32.4 Å². The highest BCUT2D eigenvalue weighted by Crippen LogP contribution is 2.30. The van der Waals surface area contributed by atoms with Gasteiger partial charge >= 0.3 is 0 Å². The maximum Gasteiger partial charge on any atom is 0.131 e. The molecule has 0 unspecified atom stereocenters. The SMILES string of the molecule is CCCc1nc(-c2cccc(Br)c2)c(N)n1C(C)C. The summed E-state index contributed by atoms with van der Waals surface area (Å²) >= 11 is 3.49. The lowest BCUT2D eigenvalue weighted by atomic mass is 10.1. The first-order chi connectivity index (χ1) is 9.04. The van der Waals surface area contributed by atoms with Gasteiger partial charge in [-0.15, -0.1) is 0 Å². The Morgan fingerprint density at radius 3 is 2.68 bits per heavy atom. The van der Waals surface area contributed by atoms with E-state index in [9.17, 15) is 0 Å². The molecule has 0 saturated carbocycles. The Hall–Kier alpha value is -1.29. The zero-order chi connectivity index (χ0) is 14.0. The summed E-state index contributed by atoms with van der Waals surface area (Å²) in [5.74, 6) is 1.83. The molecule has 1 aromatic carbocycles. The molecule has 0 aliphatic rings. The fraction of sp³-hybridized carbons (Fsp3) is 0.400. The smallest absolute Gasteiger partial charge is 0.131 e. The highest BCUT2D eigenvalue weighted by molar-refractivity contribution is 9.10. The summed E-state index contributed by atoms with van der Waals surface area (Å²) in [6.07, 6.45) is 2.03. The van der Waals surface area contributed by atoms with Gasteiger partial charge in [0, 0.05) is 22.5 Å². The third kappa shape index (κ3) is 2.84. The molecule has 0 amide bonds. The molecule has 3 nitrogen and oxygen atoms in total. The normalized spacial score (nSPS) is 11.2. The first-order valence-corrected chi connectivity index (χ1v) is 7.46. The summed E-state index contributed by atoms with van der Waals surface area (Å²) in [4.78, 5) is 4.75. The number of hydrogen-bond acceptors (Lipinski definition) is 2. The van der Waals surface area contributed by atoms with Gasteiger partial charge in [-0.3, -0.25) is 0 Å². The molecular formula is C15H20BrN3. The van der Waals surface area contributed by atoms with Crippen molar-refractivity contribution in [2.24, 2.45) is 0 Å². The summed E-state index contributed by atoms with van der Waals surface area (Å²) in [6, 6.07) is 8.44. The van der Waals surface area contributed by atoms with Gasteiger partial charge in [-0.2, -0.15) is 0 Å². The lowest BCUT2D eigenvalue weighted by Crippen LogP contribution is -2.09. The number of nitrogens with zero attached hydrogens (tertiary/aromatic N) is 2. The molecule has 0 saturated heterocycles. The Morgan fingerprint density at radius 2 is 2.11 bits per heavy atom. The molecule has 1 heterocycles. The Balaban J connectivity index is 2.55. The van der Waals surface area contributed by atoms with Gasteiger partial charge in [-0.25, -0.2) is 4.98 Å². The minimum Gasteiger partial charge on any atom is -0.383 e. The lowest BCUT2D eigenvalue weighted by Gasteiger charge is -2.13. The van der Waals surface area contributed by atoms with Crippen LogP contribution in [0.4, 0.5) is 5.82 Å². The highest BCUT2D eigenvalue weighted by Gasteiger charge is 2.17. The number of benzene rings is 1. The van der Waals surface area contributed by atoms with E-state index in [1.54, 1.807) is 0 Å². The summed E-state index contributed by atoms with van der Waals surface area (Å²) in [5.41, 5.74) is 8.25. The van der Waals surface area contributed by atoms with E-state index in [4.69, 9.17) is 10.7 Å². The standard InChI is InChI=1S/C15H20BrN3/c1-4-6-13-18-14(15(17)19(13)10(2)3)11-7-5-8-12(16)9-11/h5,7-10H,4,6,17H2,1-3H3. The number of aryl methyl sites for hydroxylation is 1. The van der Waals surface area contributed by atoms with Crippen LogP contribution >= 0.6 is 15.9 Å². The molecule has 0 spiro atoms. The van der Waals surface area contributed by atoms with Crippen LogP contribution in [0.2, 0.25) is 0 Å². The van der Waals surface area contributed by atoms with Crippen molar-refractivity contribution in [2.75, 3.05) is 5.73 Å². The zero-order valence-electron chi connectivity index (χ0n) is 11.7. The van der Waals surface area contributed by atoms with Crippen molar-refractivity contribution in [1.82, 2.24) is 9.55 Å². The minimum absolute atomic E-state index is 0.329. The van der Waals surface area contributed by atoms with Gasteiger partial charge in [0.2, 0.25) is 0 Å². The number of halogens is 1. The predicted molar refractivity (Wildman–Crippen MR) is 84.2 cm³/mol. The Kier molecular flexibility index (Phi) is 4.30. The number of rotatable bonds is 4. The predicted octanol–water partition coefficient (Wildman–Crippen LogP) is 4.43. The van der Waals surface area contributed by atoms with Gasteiger partial charge in [-0.1, -0.05) is 35.0 Å². The third-order valence-corrected chi connectivity index (χ3v) is 3.60. The largest absolute Gasteiger partial charge is 0.383 e. The molecule has 0 fully saturated rings. The molecule has 4 heteroatoms. The van der Waals surface area contributed by atoms with Crippen LogP contribution in [-0.2, 0) is 6.42 Å². The van der Waals surface area contributed by atoms with Crippen molar-refractivity contribution >= 4 is 21.7 Å². The topological polar surface area (TPSA) is 43.8 Å². The first-order valence-electron chi connectivity index (χ1n) is 6.67. The molecule has 2 N–H and O–H groups in total. The summed E-state index contributed by atoms with van der Waals surface area (Å²) in [7, 11) is 0. The van der Waals surface area contributed by atoms with Gasteiger partial charge in [0.25, 0.3) is 0 Å². The average molecular weight is 322 g/mol. The van der Waals surface area contributed by atoms with Crippen molar-refractivity contribution in [2.45, 2.75) is 39.7 Å². The molecule has 0 radical (unpaired) electrons. The van der Waals surface area contributed by atoms with Crippen LogP contribution in [0.25, 0.3) is 11.3 Å². The van der Waals surface area contributed by atoms with Crippen LogP contribution in [0.15, 0.2) is 28.7 Å². The molecule has 102 valence electrons. The van der Waals surface area contributed by atoms with E-state index in [0.717, 1.165) is 40.2 Å². The fourth-order valence-electron chi connectivity index (χ4n) is 2.32. The molecule has 19 heavy (non-hydrogen) atoms. The van der Waals surface area contributed by atoms with Crippen LogP contribution in [0.5, 0.6) is 0 Å². The Morgan fingerprint density at radius 1 is 1.37 bits per heavy atom. The molecular weight excluding hydrogens is 302 g/mol. The molecule has 0 aliphatic heterocycles. The monoisotopic (exact) mass is 321 g/mol. The van der Waals surface area contributed by atoms with Crippen molar-refractivity contribution in [1.29, 1.82) is 0 Å². The maximum atomic E-state index is 6.30. The van der Waals surface area contributed by atoms with Crippen LogP contribution in [0.3, 0.4) is 0 Å². The first kappa shape index (κ1) is 14.1. The van der Waals surface area contributed by atoms with E-state index >= 15 is 0 Å². The van der Waals surface area contributed by atoms with Crippen molar-refractivity contribution in [3.05, 3.63) is 34.6 Å². The summed E-state index contributed by atoms with van der Waals surface area (Å²) in [5, 5.41) is 0. The number of imidazole rings is 1. The van der Waals surface area contributed by atoms with Gasteiger partial charge in [0.15, 0.2) is 0 Å². The average Bonchev–Trinajstić information content (AvgIpc) is 2.67. The minimum atomic E-state index is 0.329. The van der Waals surface area contributed by atoms with Crippen LogP contribution < -0.4 is 5.73 Å². The van der Waals surface area contributed by atoms with Gasteiger partial charge < -0.3 is 10.3 Å². The summed E-state index contributed by atoms with van der Waals surface area (Å²) in [6.45, 7) is 6.44. The molecule has 1 aromatic heterocycles. The number of aromatic nitrogens is 2. The van der Waals surface area contributed by atoms with E-state index in [0.29, 0.717) is 6.04 Å². The van der Waals surface area contributed by atoms with Crippen LogP contribution in [0, 0.1) is 0 Å². The summed E-state index contributed by atoms with van der Waals surface area (Å²) < 4.78 is 3.18. The molecule has 0 atom stereocenters. The molecule has 0 bridgehead atoms. The fourth-order valence-corrected chi connectivity index (χ4v) is 2.72. The lowest BCUT2D eigenvalue weighted by molar-refractivity contribution is 0.571. The Labute approximate surface area is 123 Å². The zero-order valence-corrected chi connectivity index (χ0v) is 13.2. The molecule has 2 rings (SSSR count). The van der Waals surface area contributed by atoms with Crippen molar-refractivity contribution < 1.29 is 0 Å². The van der Waals surface area contributed by atoms with Crippen molar-refractivity contribution in [3.8, 4) is 11.3 Å². The van der Waals surface area contributed by atoms with Gasteiger partial charge in [0.05, 0.1) is 0 Å². The molecule has 2 aromatic rings. The van der Waals surface area contributed by atoms with Crippen LogP contribution in [0.1, 0.15) is 39.1 Å². The highest BCUT2D eigenvalue weighted by atomic mass is 79.9. The number of hydrogen-bond donors (Lipinski definition) is 1. The van der Waals surface area contributed by atoms with E-state index in [1.807, 2.05) is 18.2 Å². The maximum absolute atomic E-state index is 6.30. The van der Waals surface area contributed by atoms with E-state index in [1.165, 1.54) is 0 Å². The third-order valence-electron chi connectivity index (χ3n) is 3.11. The number of anilines is 1. The number of nitrogen functional groups attached to an aromatic ring is 1. The second kappa shape index (κ2) is 5.78. The van der Waals surface area contributed by atoms with Crippen LogP contribution in [-0.4, -0.2) is 9.55 Å². The van der Waals surface area contributed by atoms with Gasteiger partial charge in [0.1, 0.15) is 17.3 Å². The second-order valence-corrected chi connectivity index (χ2v) is 5.90. The van der Waals surface area contributed by atoms with E-state index in [-0.39, 0.29) is 0 Å². The van der Waals surface area contributed by atoms with E-state index < -0.39 is 0 Å². The van der Waals surface area contributed by atoms with E-state index in [2.05, 4.69) is 47.3 Å². The second-order valence-electron chi connectivity index (χ2n) is 4.99. The Bertz CT molecular complexity index is 573. The molecule has 0 aliphatic carbocycles. The quantitative estimate of drug-likeness (QED) is 0.905.